The average molecular weight is 469 g/mol. The SMILES string of the molecule is CCN(CC)S(=O)(=O)c1ccc(Cl)c(NC(=O)c2sc3ncn(C)c(=O)c3c2C)c1. The summed E-state index contributed by atoms with van der Waals surface area (Å²) in [6, 6.07) is 4.18. The van der Waals surface area contributed by atoms with Crippen LogP contribution in [0.4, 0.5) is 5.69 Å². The van der Waals surface area contributed by atoms with Crippen LogP contribution in [-0.4, -0.2) is 41.3 Å². The van der Waals surface area contributed by atoms with E-state index in [0.717, 1.165) is 11.3 Å². The minimum absolute atomic E-state index is 0.0366. The molecule has 3 aromatic rings. The Labute approximate surface area is 183 Å². The van der Waals surface area contributed by atoms with Crippen LogP contribution < -0.4 is 10.9 Å². The maximum Gasteiger partial charge on any atom is 0.266 e. The predicted molar refractivity (Wildman–Crippen MR) is 119 cm³/mol. The molecule has 0 spiro atoms. The lowest BCUT2D eigenvalue weighted by molar-refractivity contribution is 0.103. The van der Waals surface area contributed by atoms with Crippen molar-refractivity contribution in [3.05, 3.63) is 50.3 Å². The molecule has 1 N–H and O–H groups in total. The van der Waals surface area contributed by atoms with E-state index in [1.54, 1.807) is 27.8 Å². The summed E-state index contributed by atoms with van der Waals surface area (Å²) in [6.07, 6.45) is 1.40. The van der Waals surface area contributed by atoms with Crippen molar-refractivity contribution in [1.82, 2.24) is 13.9 Å². The normalized spacial score (nSPS) is 11.9. The fourth-order valence-electron chi connectivity index (χ4n) is 3.08. The number of amides is 1. The second kappa shape index (κ2) is 8.46. The van der Waals surface area contributed by atoms with E-state index in [-0.39, 0.29) is 21.2 Å². The van der Waals surface area contributed by atoms with E-state index in [2.05, 4.69) is 10.3 Å². The molecule has 0 bridgehead atoms. The zero-order chi connectivity index (χ0) is 22.2. The lowest BCUT2D eigenvalue weighted by Gasteiger charge is -2.19. The quantitative estimate of drug-likeness (QED) is 0.598. The molecule has 30 heavy (non-hydrogen) atoms. The highest BCUT2D eigenvalue weighted by molar-refractivity contribution is 7.89. The van der Waals surface area contributed by atoms with E-state index in [1.807, 2.05) is 0 Å². The molecule has 0 aliphatic heterocycles. The Morgan fingerprint density at radius 3 is 2.60 bits per heavy atom. The highest BCUT2D eigenvalue weighted by atomic mass is 35.5. The molecule has 0 saturated carbocycles. The molecule has 0 unspecified atom stereocenters. The zero-order valence-corrected chi connectivity index (χ0v) is 19.3. The summed E-state index contributed by atoms with van der Waals surface area (Å²) in [5.74, 6) is -0.489. The van der Waals surface area contributed by atoms with Gasteiger partial charge in [-0.15, -0.1) is 11.3 Å². The van der Waals surface area contributed by atoms with Crippen molar-refractivity contribution in [2.45, 2.75) is 25.7 Å². The van der Waals surface area contributed by atoms with Gasteiger partial charge in [0.1, 0.15) is 4.83 Å². The van der Waals surface area contributed by atoms with Gasteiger partial charge < -0.3 is 9.88 Å². The molecule has 8 nitrogen and oxygen atoms in total. The molecule has 0 aliphatic carbocycles. The number of hydrogen-bond donors (Lipinski definition) is 1. The van der Waals surface area contributed by atoms with Crippen molar-refractivity contribution in [2.75, 3.05) is 18.4 Å². The van der Waals surface area contributed by atoms with Crippen molar-refractivity contribution < 1.29 is 13.2 Å². The molecule has 0 saturated heterocycles. The molecule has 11 heteroatoms. The number of benzene rings is 1. The molecule has 0 radical (unpaired) electrons. The van der Waals surface area contributed by atoms with Crippen LogP contribution in [0, 0.1) is 6.92 Å². The number of nitrogens with zero attached hydrogens (tertiary/aromatic N) is 3. The molecule has 2 heterocycles. The number of halogens is 1. The number of carbonyl (C=O) groups excluding carboxylic acids is 1. The second-order valence-electron chi connectivity index (χ2n) is 6.58. The average Bonchev–Trinajstić information content (AvgIpc) is 3.04. The number of thiophene rings is 1. The largest absolute Gasteiger partial charge is 0.320 e. The van der Waals surface area contributed by atoms with E-state index in [9.17, 15) is 18.0 Å². The molecule has 2 aromatic heterocycles. The molecule has 1 amide bonds. The Kier molecular flexibility index (Phi) is 6.32. The number of carbonyl (C=O) groups is 1. The summed E-state index contributed by atoms with van der Waals surface area (Å²) in [5, 5.41) is 3.26. The van der Waals surface area contributed by atoms with Gasteiger partial charge in [-0.05, 0) is 30.7 Å². The molecule has 160 valence electrons. The lowest BCUT2D eigenvalue weighted by Crippen LogP contribution is -2.30. The monoisotopic (exact) mass is 468 g/mol. The van der Waals surface area contributed by atoms with Crippen LogP contribution in [-0.2, 0) is 17.1 Å². The maximum absolute atomic E-state index is 12.9. The molecule has 3 rings (SSSR count). The van der Waals surface area contributed by atoms with Crippen LogP contribution in [0.5, 0.6) is 0 Å². The summed E-state index contributed by atoms with van der Waals surface area (Å²) in [5.41, 5.74) is 0.454. The predicted octanol–water partition coefficient (Wildman–Crippen LogP) is 3.24. The van der Waals surface area contributed by atoms with Crippen molar-refractivity contribution in [3.63, 3.8) is 0 Å². The number of fused-ring (bicyclic) bond motifs is 1. The lowest BCUT2D eigenvalue weighted by atomic mass is 10.2. The standard InChI is InChI=1S/C19H21ClN4O4S2/c1-5-24(6-2)30(27,28)12-7-8-13(20)14(9-12)22-17(25)16-11(3)15-18(29-16)21-10-23(4)19(15)26/h7-10H,5-6H2,1-4H3,(H,22,25). The Bertz CT molecular complexity index is 1290. The third kappa shape index (κ3) is 3.87. The number of anilines is 1. The van der Waals surface area contributed by atoms with Gasteiger partial charge in [-0.1, -0.05) is 25.4 Å². The van der Waals surface area contributed by atoms with Gasteiger partial charge in [0.2, 0.25) is 10.0 Å². The van der Waals surface area contributed by atoms with E-state index in [1.165, 1.54) is 33.4 Å². The fraction of sp³-hybridized carbons (Fsp3) is 0.316. The van der Waals surface area contributed by atoms with Gasteiger partial charge >= 0.3 is 0 Å². The Morgan fingerprint density at radius 1 is 1.30 bits per heavy atom. The maximum atomic E-state index is 12.9. The van der Waals surface area contributed by atoms with Crippen LogP contribution >= 0.6 is 22.9 Å². The number of aryl methyl sites for hydroxylation is 2. The first-order valence-corrected chi connectivity index (χ1v) is 11.8. The minimum Gasteiger partial charge on any atom is -0.320 e. The smallest absolute Gasteiger partial charge is 0.266 e. The molecular formula is C19H21ClN4O4S2. The molecule has 1 aromatic carbocycles. The molecule has 0 atom stereocenters. The first-order valence-electron chi connectivity index (χ1n) is 9.17. The third-order valence-corrected chi connectivity index (χ3v) is 8.32. The number of aromatic nitrogens is 2. The highest BCUT2D eigenvalue weighted by Gasteiger charge is 2.24. The Morgan fingerprint density at radius 2 is 1.97 bits per heavy atom. The Balaban J connectivity index is 2.00. The number of nitrogens with one attached hydrogen (secondary N) is 1. The Hall–Kier alpha value is -2.27. The highest BCUT2D eigenvalue weighted by Crippen LogP contribution is 2.30. The minimum atomic E-state index is -3.71. The summed E-state index contributed by atoms with van der Waals surface area (Å²) in [6.45, 7) is 5.84. The van der Waals surface area contributed by atoms with Crippen LogP contribution in [0.1, 0.15) is 29.1 Å². The molecule has 0 fully saturated rings. The summed E-state index contributed by atoms with van der Waals surface area (Å²) in [7, 11) is -2.12. The zero-order valence-electron chi connectivity index (χ0n) is 16.9. The summed E-state index contributed by atoms with van der Waals surface area (Å²) >= 11 is 7.30. The van der Waals surface area contributed by atoms with E-state index in [0.29, 0.717) is 33.7 Å². The van der Waals surface area contributed by atoms with Crippen LogP contribution in [0.2, 0.25) is 5.02 Å². The van der Waals surface area contributed by atoms with Crippen LogP contribution in [0.25, 0.3) is 10.2 Å². The molecular weight excluding hydrogens is 448 g/mol. The van der Waals surface area contributed by atoms with Gasteiger partial charge in [0, 0.05) is 20.1 Å². The van der Waals surface area contributed by atoms with Crippen molar-refractivity contribution >= 4 is 54.8 Å². The number of rotatable bonds is 6. The van der Waals surface area contributed by atoms with E-state index in [4.69, 9.17) is 11.6 Å². The van der Waals surface area contributed by atoms with Gasteiger partial charge in [-0.25, -0.2) is 13.4 Å². The first-order chi connectivity index (χ1) is 14.1. The van der Waals surface area contributed by atoms with Gasteiger partial charge in [0.25, 0.3) is 11.5 Å². The van der Waals surface area contributed by atoms with Gasteiger partial charge in [-0.3, -0.25) is 9.59 Å². The number of hydrogen-bond acceptors (Lipinski definition) is 6. The summed E-state index contributed by atoms with van der Waals surface area (Å²) < 4.78 is 28.2. The van der Waals surface area contributed by atoms with Gasteiger partial charge in [0.05, 0.1) is 32.2 Å². The topological polar surface area (TPSA) is 101 Å². The number of sulfonamides is 1. The van der Waals surface area contributed by atoms with Crippen molar-refractivity contribution in [2.24, 2.45) is 7.05 Å². The van der Waals surface area contributed by atoms with E-state index < -0.39 is 15.9 Å². The van der Waals surface area contributed by atoms with E-state index >= 15 is 0 Å². The van der Waals surface area contributed by atoms with Crippen molar-refractivity contribution in [1.29, 1.82) is 0 Å². The summed E-state index contributed by atoms with van der Waals surface area (Å²) in [4.78, 5) is 30.3. The van der Waals surface area contributed by atoms with Crippen LogP contribution in [0.3, 0.4) is 0 Å². The molecule has 0 aliphatic rings. The third-order valence-electron chi connectivity index (χ3n) is 4.75. The van der Waals surface area contributed by atoms with Crippen molar-refractivity contribution in [3.8, 4) is 0 Å². The van der Waals surface area contributed by atoms with Gasteiger partial charge in [0.15, 0.2) is 0 Å². The van der Waals surface area contributed by atoms with Gasteiger partial charge in [-0.2, -0.15) is 4.31 Å². The van der Waals surface area contributed by atoms with Crippen LogP contribution in [0.15, 0.2) is 34.2 Å². The second-order valence-corrected chi connectivity index (χ2v) is 9.93. The fourth-order valence-corrected chi connectivity index (χ4v) is 5.76. The first kappa shape index (κ1) is 22.4.